The number of carbonyl (C=O) groups excluding carboxylic acids is 2. The smallest absolute Gasteiger partial charge is 0.330 e. The molecule has 222 valence electrons. The SMILES string of the molecule is CO[C@H]1[C@@H](O)[C@H](n2ccc(=O)[nH]c2=O)O[C@@H]1[C@@H](O[C@H]1OC(C(=O)NCCc2ccc(F)cc2)=C[C@H](O)[C@@H]1O)C(N)=O. The lowest BCUT2D eigenvalue weighted by atomic mass is 10.0. The van der Waals surface area contributed by atoms with Crippen molar-refractivity contribution in [2.45, 2.75) is 55.6 Å². The van der Waals surface area contributed by atoms with Crippen LogP contribution in [0.4, 0.5) is 4.39 Å². The van der Waals surface area contributed by atoms with E-state index >= 15 is 0 Å². The molecule has 4 rings (SSSR count). The molecule has 2 aliphatic rings. The van der Waals surface area contributed by atoms with Gasteiger partial charge in [-0.1, -0.05) is 12.1 Å². The fourth-order valence-electron chi connectivity index (χ4n) is 4.45. The molecule has 1 fully saturated rings. The molecule has 2 aromatic rings. The van der Waals surface area contributed by atoms with Crippen molar-refractivity contribution >= 4 is 11.8 Å². The zero-order valence-electron chi connectivity index (χ0n) is 21.6. The summed E-state index contributed by atoms with van der Waals surface area (Å²) in [4.78, 5) is 50.8. The number of hydrogen-bond acceptors (Lipinski definition) is 11. The molecule has 1 aromatic carbocycles. The van der Waals surface area contributed by atoms with E-state index in [0.29, 0.717) is 6.42 Å². The number of nitrogens with one attached hydrogen (secondary N) is 2. The van der Waals surface area contributed by atoms with Crippen molar-refractivity contribution in [2.24, 2.45) is 5.73 Å². The lowest BCUT2D eigenvalue weighted by molar-refractivity contribution is -0.241. The van der Waals surface area contributed by atoms with Crippen LogP contribution in [0.25, 0.3) is 0 Å². The molecule has 7 N–H and O–H groups in total. The Kier molecular flexibility index (Phi) is 9.31. The van der Waals surface area contributed by atoms with Crippen LogP contribution in [0.15, 0.2) is 58.0 Å². The quantitative estimate of drug-likeness (QED) is 0.168. The Hall–Kier alpha value is -3.93. The van der Waals surface area contributed by atoms with Crippen LogP contribution in [0.5, 0.6) is 0 Å². The molecule has 2 aliphatic heterocycles. The number of aliphatic hydroxyl groups excluding tert-OH is 3. The van der Waals surface area contributed by atoms with Crippen LogP contribution in [0.3, 0.4) is 0 Å². The zero-order chi connectivity index (χ0) is 29.8. The van der Waals surface area contributed by atoms with Gasteiger partial charge >= 0.3 is 5.69 Å². The number of hydrogen-bond donors (Lipinski definition) is 6. The van der Waals surface area contributed by atoms with E-state index in [-0.39, 0.29) is 6.54 Å². The Labute approximate surface area is 230 Å². The van der Waals surface area contributed by atoms with Crippen molar-refractivity contribution < 1.29 is 48.2 Å². The Morgan fingerprint density at radius 2 is 1.88 bits per heavy atom. The van der Waals surface area contributed by atoms with Crippen molar-refractivity contribution in [3.63, 3.8) is 0 Å². The highest BCUT2D eigenvalue weighted by Gasteiger charge is 2.52. The standard InChI is InChI=1S/C25H29FN4O11/c1-38-18-17(34)23(30-9-7-15(32)29-25(30)37)40-19(18)20(21(27)35)41-24-16(33)13(31)10-14(39-24)22(36)28-8-6-11-2-4-12(26)5-3-11/h2-5,7,9-10,13,16-20,23-24,31,33-34H,6,8H2,1H3,(H2,27,35)(H,28,36)(H,29,32,37)/t13-,16-,17+,18-,19-,20+,23+,24+/m0/s1. The highest BCUT2D eigenvalue weighted by Crippen LogP contribution is 2.34. The van der Waals surface area contributed by atoms with Crippen LogP contribution in [-0.2, 0) is 35.0 Å². The number of amides is 2. The van der Waals surface area contributed by atoms with E-state index in [0.717, 1.165) is 28.5 Å². The van der Waals surface area contributed by atoms with Gasteiger partial charge in [0.05, 0.1) is 0 Å². The summed E-state index contributed by atoms with van der Waals surface area (Å²) in [5.41, 5.74) is 4.66. The van der Waals surface area contributed by atoms with Crippen molar-refractivity contribution in [3.05, 3.63) is 80.6 Å². The first-order chi connectivity index (χ1) is 19.5. The first-order valence-corrected chi connectivity index (χ1v) is 12.4. The Morgan fingerprint density at radius 1 is 1.17 bits per heavy atom. The van der Waals surface area contributed by atoms with Gasteiger partial charge in [-0.25, -0.2) is 9.18 Å². The van der Waals surface area contributed by atoms with E-state index in [4.69, 9.17) is 24.7 Å². The normalized spacial score (nSPS) is 28.4. The number of aromatic nitrogens is 2. The maximum atomic E-state index is 13.1. The molecule has 0 radical (unpaired) electrons. The highest BCUT2D eigenvalue weighted by atomic mass is 19.1. The van der Waals surface area contributed by atoms with Gasteiger partial charge in [-0.3, -0.25) is 23.9 Å². The summed E-state index contributed by atoms with van der Waals surface area (Å²) in [7, 11) is 1.19. The molecule has 0 unspecified atom stereocenters. The number of rotatable bonds is 10. The number of nitrogens with zero attached hydrogens (tertiary/aromatic N) is 1. The predicted molar refractivity (Wildman–Crippen MR) is 134 cm³/mol. The van der Waals surface area contributed by atoms with Gasteiger partial charge in [-0.2, -0.15) is 0 Å². The van der Waals surface area contributed by atoms with E-state index in [1.807, 2.05) is 4.98 Å². The monoisotopic (exact) mass is 580 g/mol. The van der Waals surface area contributed by atoms with Crippen LogP contribution in [-0.4, -0.2) is 93.3 Å². The number of methoxy groups -OCH3 is 1. The highest BCUT2D eigenvalue weighted by molar-refractivity contribution is 5.91. The summed E-state index contributed by atoms with van der Waals surface area (Å²) < 4.78 is 35.9. The fraction of sp³-hybridized carbons (Fsp3) is 0.440. The summed E-state index contributed by atoms with van der Waals surface area (Å²) in [6, 6.07) is 6.68. The van der Waals surface area contributed by atoms with E-state index in [2.05, 4.69) is 5.32 Å². The summed E-state index contributed by atoms with van der Waals surface area (Å²) >= 11 is 0. The summed E-state index contributed by atoms with van der Waals surface area (Å²) in [5.74, 6) is -2.75. The molecular formula is C25H29FN4O11. The molecule has 0 bridgehead atoms. The average molecular weight is 581 g/mol. The minimum absolute atomic E-state index is 0.119. The second kappa shape index (κ2) is 12.7. The van der Waals surface area contributed by atoms with Crippen molar-refractivity contribution in [3.8, 4) is 0 Å². The molecule has 1 saturated heterocycles. The second-order valence-corrected chi connectivity index (χ2v) is 9.29. The number of halogens is 1. The van der Waals surface area contributed by atoms with E-state index in [9.17, 15) is 38.9 Å². The summed E-state index contributed by atoms with van der Waals surface area (Å²) in [6.45, 7) is 0.119. The fourth-order valence-corrected chi connectivity index (χ4v) is 4.45. The number of primary amides is 1. The molecule has 3 heterocycles. The van der Waals surface area contributed by atoms with E-state index in [1.165, 1.54) is 19.2 Å². The van der Waals surface area contributed by atoms with Crippen LogP contribution >= 0.6 is 0 Å². The summed E-state index contributed by atoms with van der Waals surface area (Å²) in [5, 5.41) is 34.1. The number of aromatic amines is 1. The van der Waals surface area contributed by atoms with Crippen molar-refractivity contribution in [2.75, 3.05) is 13.7 Å². The molecule has 0 spiro atoms. The third-order valence-corrected chi connectivity index (χ3v) is 6.54. The number of nitrogens with two attached hydrogens (primary N) is 1. The van der Waals surface area contributed by atoms with E-state index in [1.54, 1.807) is 12.1 Å². The molecule has 16 heteroatoms. The Bertz CT molecular complexity index is 1390. The Balaban J connectivity index is 1.46. The van der Waals surface area contributed by atoms with Crippen LogP contribution < -0.4 is 22.3 Å². The summed E-state index contributed by atoms with van der Waals surface area (Å²) in [6.07, 6.45) is -10.4. The van der Waals surface area contributed by atoms with Gasteiger partial charge in [0.15, 0.2) is 18.1 Å². The van der Waals surface area contributed by atoms with Gasteiger partial charge in [0.2, 0.25) is 12.2 Å². The molecular weight excluding hydrogens is 551 g/mol. The number of H-pyrrole nitrogens is 1. The third kappa shape index (κ3) is 6.70. The van der Waals surface area contributed by atoms with Gasteiger partial charge < -0.3 is 45.3 Å². The van der Waals surface area contributed by atoms with Gasteiger partial charge in [0.25, 0.3) is 11.5 Å². The van der Waals surface area contributed by atoms with Gasteiger partial charge in [0, 0.05) is 25.9 Å². The zero-order valence-corrected chi connectivity index (χ0v) is 21.6. The lowest BCUT2D eigenvalue weighted by Gasteiger charge is -2.35. The lowest BCUT2D eigenvalue weighted by Crippen LogP contribution is -2.54. The van der Waals surface area contributed by atoms with Crippen molar-refractivity contribution in [1.29, 1.82) is 0 Å². The topological polar surface area (TPSA) is 225 Å². The molecule has 1 aromatic heterocycles. The number of benzene rings is 1. The Morgan fingerprint density at radius 3 is 2.51 bits per heavy atom. The molecule has 0 aliphatic carbocycles. The first kappa shape index (κ1) is 30.0. The predicted octanol–water partition coefficient (Wildman–Crippen LogP) is -2.86. The van der Waals surface area contributed by atoms with E-state index < -0.39 is 83.8 Å². The second-order valence-electron chi connectivity index (χ2n) is 9.29. The largest absolute Gasteiger partial charge is 0.456 e. The van der Waals surface area contributed by atoms with Crippen LogP contribution in [0.2, 0.25) is 0 Å². The molecule has 15 nitrogen and oxygen atoms in total. The van der Waals surface area contributed by atoms with Crippen molar-refractivity contribution in [1.82, 2.24) is 14.9 Å². The first-order valence-electron chi connectivity index (χ1n) is 12.4. The molecule has 41 heavy (non-hydrogen) atoms. The average Bonchev–Trinajstić information content (AvgIpc) is 3.25. The van der Waals surface area contributed by atoms with Crippen LogP contribution in [0, 0.1) is 5.82 Å². The maximum absolute atomic E-state index is 13.1. The maximum Gasteiger partial charge on any atom is 0.330 e. The molecule has 0 saturated carbocycles. The number of carbonyl (C=O) groups is 2. The number of ether oxygens (including phenoxy) is 4. The molecule has 2 amide bonds. The van der Waals surface area contributed by atoms with Gasteiger partial charge in [-0.05, 0) is 30.2 Å². The number of aliphatic hydroxyl groups is 3. The minimum Gasteiger partial charge on any atom is -0.456 e. The minimum atomic E-state index is -1.81. The third-order valence-electron chi connectivity index (χ3n) is 6.54. The molecule has 8 atom stereocenters. The van der Waals surface area contributed by atoms with Gasteiger partial charge in [0.1, 0.15) is 36.3 Å². The van der Waals surface area contributed by atoms with Gasteiger partial charge in [-0.15, -0.1) is 0 Å². The van der Waals surface area contributed by atoms with Crippen LogP contribution in [0.1, 0.15) is 11.8 Å².